The largest absolute Gasteiger partial charge is 0.310 e. The highest BCUT2D eigenvalue weighted by molar-refractivity contribution is 7.91. The summed E-state index contributed by atoms with van der Waals surface area (Å²) >= 11 is 0. The molecule has 0 radical (unpaired) electrons. The second kappa shape index (κ2) is 14.6. The SMILES string of the molecule is O=S(c1ccccc1)c1cc(S(=O)(=O)c2ccccc2)c2ccc3cc(N(c4ccc(-c5ccccc5)cc4)c4ccc(-c5ccccc5)cc4)cc4ccc1c2c43. The molecule has 0 bridgehead atoms. The van der Waals surface area contributed by atoms with Crippen LogP contribution in [0.2, 0.25) is 0 Å². The molecule has 1 atom stereocenters. The molecular formula is C52H35NO3S2. The molecule has 278 valence electrons. The first kappa shape index (κ1) is 35.5. The minimum Gasteiger partial charge on any atom is -0.310 e. The van der Waals surface area contributed by atoms with Crippen LogP contribution in [0.1, 0.15) is 0 Å². The summed E-state index contributed by atoms with van der Waals surface area (Å²) in [5.74, 6) is 0. The summed E-state index contributed by atoms with van der Waals surface area (Å²) in [6, 6.07) is 69.6. The Bertz CT molecular complexity index is 3110. The average molecular weight is 786 g/mol. The van der Waals surface area contributed by atoms with Gasteiger partial charge in [0.1, 0.15) is 0 Å². The van der Waals surface area contributed by atoms with Crippen molar-refractivity contribution < 1.29 is 12.6 Å². The van der Waals surface area contributed by atoms with Crippen LogP contribution >= 0.6 is 0 Å². The summed E-state index contributed by atoms with van der Waals surface area (Å²) in [5.41, 5.74) is 7.51. The predicted molar refractivity (Wildman–Crippen MR) is 239 cm³/mol. The summed E-state index contributed by atoms with van der Waals surface area (Å²) in [6.45, 7) is 0. The van der Waals surface area contributed by atoms with Gasteiger partial charge in [0.15, 0.2) is 0 Å². The average Bonchev–Trinajstić information content (AvgIpc) is 3.29. The Balaban J connectivity index is 1.18. The van der Waals surface area contributed by atoms with Crippen LogP contribution < -0.4 is 4.90 Å². The predicted octanol–water partition coefficient (Wildman–Crippen LogP) is 13.4. The van der Waals surface area contributed by atoms with E-state index in [0.717, 1.165) is 66.2 Å². The van der Waals surface area contributed by atoms with Gasteiger partial charge < -0.3 is 4.90 Å². The molecule has 0 heterocycles. The zero-order valence-electron chi connectivity index (χ0n) is 31.2. The number of rotatable bonds is 9. The Morgan fingerprint density at radius 3 is 1.36 bits per heavy atom. The molecule has 0 saturated heterocycles. The highest BCUT2D eigenvalue weighted by Gasteiger charge is 2.27. The van der Waals surface area contributed by atoms with Gasteiger partial charge in [-0.15, -0.1) is 0 Å². The van der Waals surface area contributed by atoms with E-state index in [4.69, 9.17) is 0 Å². The third-order valence-corrected chi connectivity index (χ3v) is 14.1. The van der Waals surface area contributed by atoms with Crippen LogP contribution in [0.5, 0.6) is 0 Å². The summed E-state index contributed by atoms with van der Waals surface area (Å²) in [7, 11) is -5.63. The molecule has 0 saturated carbocycles. The molecule has 0 N–H and O–H groups in total. The lowest BCUT2D eigenvalue weighted by Gasteiger charge is -2.27. The van der Waals surface area contributed by atoms with Gasteiger partial charge in [0.25, 0.3) is 0 Å². The first-order valence-electron chi connectivity index (χ1n) is 19.1. The second-order valence-corrected chi connectivity index (χ2v) is 17.7. The lowest BCUT2D eigenvalue weighted by atomic mass is 9.93. The molecular weight excluding hydrogens is 751 g/mol. The maximum Gasteiger partial charge on any atom is 0.207 e. The normalized spacial score (nSPS) is 12.3. The Morgan fingerprint density at radius 2 is 0.845 bits per heavy atom. The van der Waals surface area contributed by atoms with Crippen molar-refractivity contribution in [3.05, 3.63) is 212 Å². The standard InChI is InChI=1S/C52H35NO3S2/c54-57(45-17-9-3-10-18-45)49-35-50(58(55,56)46-19-11-4-12-20-46)48-32-26-41-34-44(33-40-25-31-47(49)52(48)51(40)41)53(42-27-21-38(22-28-42)36-13-5-1-6-14-36)43-29-23-39(24-30-43)37-15-7-2-8-16-37/h1-35H. The Kier molecular flexibility index (Phi) is 8.93. The number of hydrogen-bond acceptors (Lipinski definition) is 4. The zero-order valence-corrected chi connectivity index (χ0v) is 32.8. The van der Waals surface area contributed by atoms with Crippen LogP contribution in [0.3, 0.4) is 0 Å². The van der Waals surface area contributed by atoms with Crippen molar-refractivity contribution >= 4 is 70.0 Å². The van der Waals surface area contributed by atoms with Crippen LogP contribution in [-0.4, -0.2) is 12.6 Å². The first-order chi connectivity index (χ1) is 28.4. The van der Waals surface area contributed by atoms with E-state index >= 15 is 0 Å². The molecule has 0 fully saturated rings. The van der Waals surface area contributed by atoms with Crippen LogP contribution in [0.4, 0.5) is 17.1 Å². The smallest absolute Gasteiger partial charge is 0.207 e. The molecule has 10 aromatic rings. The van der Waals surface area contributed by atoms with E-state index in [1.54, 1.807) is 36.4 Å². The van der Waals surface area contributed by atoms with Gasteiger partial charge in [-0.2, -0.15) is 0 Å². The zero-order chi connectivity index (χ0) is 39.2. The highest BCUT2D eigenvalue weighted by Crippen LogP contribution is 2.45. The molecule has 1 unspecified atom stereocenters. The lowest BCUT2D eigenvalue weighted by molar-refractivity contribution is 0.597. The van der Waals surface area contributed by atoms with Gasteiger partial charge in [0.05, 0.1) is 25.5 Å². The number of sulfone groups is 1. The summed E-state index contributed by atoms with van der Waals surface area (Å²) < 4.78 is 43.3. The molecule has 10 aromatic carbocycles. The van der Waals surface area contributed by atoms with Gasteiger partial charge in [0.2, 0.25) is 9.84 Å². The Morgan fingerprint density at radius 1 is 0.397 bits per heavy atom. The van der Waals surface area contributed by atoms with Gasteiger partial charge in [-0.25, -0.2) is 12.6 Å². The van der Waals surface area contributed by atoms with Crippen molar-refractivity contribution in [3.8, 4) is 22.3 Å². The minimum atomic E-state index is -3.99. The number of anilines is 3. The quantitative estimate of drug-likeness (QED) is 0.137. The fraction of sp³-hybridized carbons (Fsp3) is 0. The van der Waals surface area contributed by atoms with E-state index in [1.807, 2.05) is 60.7 Å². The Labute approximate surface area is 340 Å². The van der Waals surface area contributed by atoms with Crippen LogP contribution in [0.25, 0.3) is 54.6 Å². The molecule has 0 aliphatic rings. The molecule has 10 rings (SSSR count). The van der Waals surface area contributed by atoms with Crippen molar-refractivity contribution in [1.82, 2.24) is 0 Å². The lowest BCUT2D eigenvalue weighted by Crippen LogP contribution is -2.10. The maximum absolute atomic E-state index is 14.5. The molecule has 4 nitrogen and oxygen atoms in total. The van der Waals surface area contributed by atoms with Gasteiger partial charge in [-0.05, 0) is 116 Å². The van der Waals surface area contributed by atoms with Crippen LogP contribution in [-0.2, 0) is 20.6 Å². The second-order valence-electron chi connectivity index (χ2n) is 14.3. The summed E-state index contributed by atoms with van der Waals surface area (Å²) in [4.78, 5) is 3.66. The number of benzene rings is 10. The van der Waals surface area contributed by atoms with E-state index < -0.39 is 20.6 Å². The van der Waals surface area contributed by atoms with Gasteiger partial charge in [0, 0.05) is 27.3 Å². The van der Waals surface area contributed by atoms with Crippen molar-refractivity contribution in [3.63, 3.8) is 0 Å². The summed E-state index contributed by atoms with van der Waals surface area (Å²) in [6.07, 6.45) is 0. The van der Waals surface area contributed by atoms with E-state index in [0.29, 0.717) is 15.2 Å². The highest BCUT2D eigenvalue weighted by atomic mass is 32.2. The monoisotopic (exact) mass is 785 g/mol. The van der Waals surface area contributed by atoms with Crippen molar-refractivity contribution in [2.45, 2.75) is 19.6 Å². The van der Waals surface area contributed by atoms with Crippen molar-refractivity contribution in [2.75, 3.05) is 4.90 Å². The number of nitrogens with zero attached hydrogens (tertiary/aromatic N) is 1. The minimum absolute atomic E-state index is 0.141. The fourth-order valence-electron chi connectivity index (χ4n) is 8.05. The van der Waals surface area contributed by atoms with Crippen molar-refractivity contribution in [2.24, 2.45) is 0 Å². The van der Waals surface area contributed by atoms with E-state index in [9.17, 15) is 12.6 Å². The first-order valence-corrected chi connectivity index (χ1v) is 21.7. The van der Waals surface area contributed by atoms with E-state index in [2.05, 4.69) is 120 Å². The Hall–Kier alpha value is -6.86. The molecule has 0 aliphatic carbocycles. The fourth-order valence-corrected chi connectivity index (χ4v) is 10.9. The van der Waals surface area contributed by atoms with E-state index in [1.165, 1.54) is 0 Å². The third-order valence-electron chi connectivity index (χ3n) is 10.8. The van der Waals surface area contributed by atoms with Gasteiger partial charge in [-0.1, -0.05) is 146 Å². The summed E-state index contributed by atoms with van der Waals surface area (Å²) in [5, 5.41) is 4.97. The third kappa shape index (κ3) is 6.24. The van der Waals surface area contributed by atoms with Crippen LogP contribution in [0.15, 0.2) is 232 Å². The van der Waals surface area contributed by atoms with Gasteiger partial charge in [-0.3, -0.25) is 0 Å². The molecule has 6 heteroatoms. The molecule has 0 spiro atoms. The molecule has 0 amide bonds. The van der Waals surface area contributed by atoms with Crippen LogP contribution in [0, 0.1) is 0 Å². The van der Waals surface area contributed by atoms with Gasteiger partial charge >= 0.3 is 0 Å². The topological polar surface area (TPSA) is 54.5 Å². The van der Waals surface area contributed by atoms with E-state index in [-0.39, 0.29) is 9.79 Å². The molecule has 58 heavy (non-hydrogen) atoms. The molecule has 0 aromatic heterocycles. The molecule has 0 aliphatic heterocycles. The number of hydrogen-bond donors (Lipinski definition) is 0. The maximum atomic E-state index is 14.5. The van der Waals surface area contributed by atoms with Crippen molar-refractivity contribution in [1.29, 1.82) is 0 Å².